The predicted octanol–water partition coefficient (Wildman–Crippen LogP) is 3.73. The normalized spacial score (nSPS) is 10.2. The molecule has 0 saturated heterocycles. The van der Waals surface area contributed by atoms with Gasteiger partial charge in [0.15, 0.2) is 0 Å². The first kappa shape index (κ1) is 15.3. The molecule has 0 heterocycles. The summed E-state index contributed by atoms with van der Waals surface area (Å²) < 4.78 is 26.4. The molecule has 2 aromatic carbocycles. The van der Waals surface area contributed by atoms with E-state index in [4.69, 9.17) is 0 Å². The molecule has 1 N–H and O–H groups in total. The van der Waals surface area contributed by atoms with E-state index in [-0.39, 0.29) is 5.56 Å². The molecule has 0 unspecified atom stereocenters. The van der Waals surface area contributed by atoms with Crippen molar-refractivity contribution in [1.82, 2.24) is 0 Å². The van der Waals surface area contributed by atoms with Gasteiger partial charge in [0.05, 0.1) is 16.7 Å². The van der Waals surface area contributed by atoms with E-state index in [2.05, 4.69) is 5.32 Å². The number of nitrogens with one attached hydrogen (secondary N) is 1. The van der Waals surface area contributed by atoms with Crippen LogP contribution in [0.5, 0.6) is 0 Å². The first-order chi connectivity index (χ1) is 9.88. The van der Waals surface area contributed by atoms with Crippen molar-refractivity contribution >= 4 is 39.9 Å². The number of amides is 1. The molecule has 0 spiro atoms. The van der Waals surface area contributed by atoms with Crippen molar-refractivity contribution in [3.8, 4) is 0 Å². The van der Waals surface area contributed by atoms with Gasteiger partial charge in [-0.1, -0.05) is 0 Å². The van der Waals surface area contributed by atoms with Crippen molar-refractivity contribution < 1.29 is 18.5 Å². The molecule has 0 aromatic heterocycles. The fraction of sp³-hybridized carbons (Fsp3) is 0. The molecule has 0 fully saturated rings. The molecule has 0 saturated carbocycles. The lowest BCUT2D eigenvalue weighted by Gasteiger charge is -2.08. The Morgan fingerprint density at radius 2 is 1.76 bits per heavy atom. The van der Waals surface area contributed by atoms with Crippen LogP contribution in [0, 0.1) is 25.3 Å². The summed E-state index contributed by atoms with van der Waals surface area (Å²) in [5, 5.41) is 13.3. The third-order valence-corrected chi connectivity index (χ3v) is 3.47. The van der Waals surface area contributed by atoms with E-state index >= 15 is 0 Å². The molecular formula is C13H7F2IN2O3. The largest absolute Gasteiger partial charge is 0.321 e. The number of hydrogen-bond donors (Lipinski definition) is 1. The number of anilines is 1. The first-order valence-corrected chi connectivity index (χ1v) is 6.66. The van der Waals surface area contributed by atoms with Crippen LogP contribution < -0.4 is 5.32 Å². The lowest BCUT2D eigenvalue weighted by molar-refractivity contribution is -0.385. The van der Waals surface area contributed by atoms with Gasteiger partial charge in [-0.05, 0) is 52.9 Å². The highest BCUT2D eigenvalue weighted by Gasteiger charge is 2.21. The second-order valence-electron chi connectivity index (χ2n) is 4.00. The molecule has 2 rings (SSSR count). The topological polar surface area (TPSA) is 72.2 Å². The van der Waals surface area contributed by atoms with Gasteiger partial charge in [-0.2, -0.15) is 0 Å². The highest BCUT2D eigenvalue weighted by molar-refractivity contribution is 14.1. The molecule has 1 amide bonds. The van der Waals surface area contributed by atoms with Gasteiger partial charge in [0.25, 0.3) is 11.6 Å². The van der Waals surface area contributed by atoms with Crippen LogP contribution in [0.15, 0.2) is 36.4 Å². The van der Waals surface area contributed by atoms with E-state index in [1.165, 1.54) is 12.1 Å². The third-order valence-electron chi connectivity index (χ3n) is 2.58. The maximum absolute atomic E-state index is 13.0. The number of rotatable bonds is 3. The number of carbonyl (C=O) groups is 1. The standard InChI is InChI=1S/C13H7F2IN2O3/c14-7-2-4-11(10(16)5-7)17-13(19)9-3-1-8(15)6-12(9)18(20)21/h1-6H,(H,17,19). The van der Waals surface area contributed by atoms with Gasteiger partial charge < -0.3 is 5.32 Å². The van der Waals surface area contributed by atoms with E-state index in [9.17, 15) is 23.7 Å². The number of nitro groups is 1. The second-order valence-corrected chi connectivity index (χ2v) is 5.16. The Morgan fingerprint density at radius 3 is 2.38 bits per heavy atom. The van der Waals surface area contributed by atoms with Gasteiger partial charge in [-0.15, -0.1) is 0 Å². The molecule has 2 aromatic rings. The summed E-state index contributed by atoms with van der Waals surface area (Å²) in [6.45, 7) is 0. The summed E-state index contributed by atoms with van der Waals surface area (Å²) in [5.74, 6) is -2.05. The SMILES string of the molecule is O=C(Nc1ccc(F)cc1I)c1ccc(F)cc1[N+](=O)[O-]. The van der Waals surface area contributed by atoms with Gasteiger partial charge in [0.2, 0.25) is 0 Å². The maximum Gasteiger partial charge on any atom is 0.285 e. The molecule has 8 heteroatoms. The van der Waals surface area contributed by atoms with E-state index in [1.54, 1.807) is 0 Å². The van der Waals surface area contributed by atoms with Crippen molar-refractivity contribution in [2.45, 2.75) is 0 Å². The molecule has 0 aliphatic rings. The summed E-state index contributed by atoms with van der Waals surface area (Å²) in [5.41, 5.74) is -0.605. The molecule has 0 atom stereocenters. The lowest BCUT2D eigenvalue weighted by atomic mass is 10.1. The van der Waals surface area contributed by atoms with Crippen LogP contribution in [-0.2, 0) is 0 Å². The van der Waals surface area contributed by atoms with Gasteiger partial charge in [0, 0.05) is 3.57 Å². The molecule has 0 aliphatic carbocycles. The number of nitro benzene ring substituents is 1. The fourth-order valence-corrected chi connectivity index (χ4v) is 2.24. The Kier molecular flexibility index (Phi) is 4.46. The van der Waals surface area contributed by atoms with E-state index in [1.807, 2.05) is 22.6 Å². The first-order valence-electron chi connectivity index (χ1n) is 5.59. The molecular weight excluding hydrogens is 397 g/mol. The van der Waals surface area contributed by atoms with E-state index < -0.39 is 28.2 Å². The Bertz CT molecular complexity index is 737. The van der Waals surface area contributed by atoms with Crippen molar-refractivity contribution in [3.63, 3.8) is 0 Å². The van der Waals surface area contributed by atoms with Crippen LogP contribution in [0.3, 0.4) is 0 Å². The highest BCUT2D eigenvalue weighted by Crippen LogP contribution is 2.23. The van der Waals surface area contributed by atoms with E-state index in [0.29, 0.717) is 15.3 Å². The number of hydrogen-bond acceptors (Lipinski definition) is 3. The average molecular weight is 404 g/mol. The van der Waals surface area contributed by atoms with Crippen LogP contribution in [0.4, 0.5) is 20.2 Å². The lowest BCUT2D eigenvalue weighted by Crippen LogP contribution is -2.15. The molecule has 0 bridgehead atoms. The van der Waals surface area contributed by atoms with Gasteiger partial charge in [-0.25, -0.2) is 8.78 Å². The zero-order valence-corrected chi connectivity index (χ0v) is 12.4. The third kappa shape index (κ3) is 3.51. The Labute approximate surface area is 131 Å². The minimum atomic E-state index is -0.840. The molecule has 0 radical (unpaired) electrons. The van der Waals surface area contributed by atoms with E-state index in [0.717, 1.165) is 18.2 Å². The molecule has 108 valence electrons. The molecule has 0 aliphatic heterocycles. The predicted molar refractivity (Wildman–Crippen MR) is 80.1 cm³/mol. The van der Waals surface area contributed by atoms with Crippen molar-refractivity contribution in [2.24, 2.45) is 0 Å². The van der Waals surface area contributed by atoms with Gasteiger partial charge >= 0.3 is 0 Å². The van der Waals surface area contributed by atoms with Crippen LogP contribution in [0.25, 0.3) is 0 Å². The summed E-state index contributed by atoms with van der Waals surface area (Å²) >= 11 is 1.82. The van der Waals surface area contributed by atoms with Crippen molar-refractivity contribution in [1.29, 1.82) is 0 Å². The fourth-order valence-electron chi connectivity index (χ4n) is 1.63. The molecule has 5 nitrogen and oxygen atoms in total. The highest BCUT2D eigenvalue weighted by atomic mass is 127. The minimum Gasteiger partial charge on any atom is -0.321 e. The van der Waals surface area contributed by atoms with Crippen molar-refractivity contribution in [2.75, 3.05) is 5.32 Å². The Balaban J connectivity index is 2.34. The maximum atomic E-state index is 13.0. The molecule has 21 heavy (non-hydrogen) atoms. The van der Waals surface area contributed by atoms with Gasteiger partial charge in [0.1, 0.15) is 17.2 Å². The number of nitrogens with zero attached hydrogens (tertiary/aromatic N) is 1. The van der Waals surface area contributed by atoms with Crippen LogP contribution in [0.1, 0.15) is 10.4 Å². The average Bonchev–Trinajstić information content (AvgIpc) is 2.41. The Morgan fingerprint density at radius 1 is 1.14 bits per heavy atom. The number of benzene rings is 2. The van der Waals surface area contributed by atoms with Crippen molar-refractivity contribution in [3.05, 3.63) is 67.3 Å². The smallest absolute Gasteiger partial charge is 0.285 e. The minimum absolute atomic E-state index is 0.276. The second kappa shape index (κ2) is 6.12. The van der Waals surface area contributed by atoms with Crippen LogP contribution >= 0.6 is 22.6 Å². The summed E-state index contributed by atoms with van der Waals surface area (Å²) in [4.78, 5) is 22.1. The monoisotopic (exact) mass is 404 g/mol. The zero-order valence-electron chi connectivity index (χ0n) is 10.3. The Hall–Kier alpha value is -2.10. The summed E-state index contributed by atoms with van der Waals surface area (Å²) in [6.07, 6.45) is 0. The summed E-state index contributed by atoms with van der Waals surface area (Å²) in [6, 6.07) is 6.34. The number of carbonyl (C=O) groups excluding carboxylic acids is 1. The zero-order chi connectivity index (χ0) is 15.6. The van der Waals surface area contributed by atoms with Crippen LogP contribution in [0.2, 0.25) is 0 Å². The van der Waals surface area contributed by atoms with Gasteiger partial charge in [-0.3, -0.25) is 14.9 Å². The quantitative estimate of drug-likeness (QED) is 0.482. The number of halogens is 3. The summed E-state index contributed by atoms with van der Waals surface area (Å²) in [7, 11) is 0. The van der Waals surface area contributed by atoms with Crippen LogP contribution in [-0.4, -0.2) is 10.8 Å².